The lowest BCUT2D eigenvalue weighted by Gasteiger charge is -2.26. The molecule has 162 valence electrons. The molecule has 0 saturated carbocycles. The topological polar surface area (TPSA) is 49.4 Å². The number of hydrogen-bond donors (Lipinski definition) is 0. The summed E-state index contributed by atoms with van der Waals surface area (Å²) < 4.78 is 28.3. The van der Waals surface area contributed by atoms with Crippen LogP contribution in [0.2, 0.25) is 0 Å². The first-order valence-corrected chi connectivity index (χ1v) is 10.7. The molecule has 2 aromatic rings. The van der Waals surface area contributed by atoms with Crippen molar-refractivity contribution in [1.82, 2.24) is 4.90 Å². The standard InChI is InChI=1S/C24H31NO5/c1-17(2)30-24-12-19(6-8-21(24)26-3)14-25(15-20-5-4-10-27-20)13-18-7-9-22-23(11-18)29-16-28-22/h6-9,11-12,17,20H,4-5,10,13-16H2,1-3H3. The fourth-order valence-electron chi connectivity index (χ4n) is 3.98. The maximum atomic E-state index is 5.96. The van der Waals surface area contributed by atoms with Gasteiger partial charge in [-0.2, -0.15) is 0 Å². The zero-order chi connectivity index (χ0) is 20.9. The molecule has 4 rings (SSSR count). The molecule has 0 radical (unpaired) electrons. The Bertz CT molecular complexity index is 847. The van der Waals surface area contributed by atoms with Crippen LogP contribution in [0.25, 0.3) is 0 Å². The summed E-state index contributed by atoms with van der Waals surface area (Å²) >= 11 is 0. The molecule has 2 aliphatic heterocycles. The number of fused-ring (bicyclic) bond motifs is 1. The van der Waals surface area contributed by atoms with Gasteiger partial charge in [0.1, 0.15) is 0 Å². The van der Waals surface area contributed by atoms with Crippen molar-refractivity contribution >= 4 is 0 Å². The third-order valence-electron chi connectivity index (χ3n) is 5.33. The van der Waals surface area contributed by atoms with Gasteiger partial charge in [0, 0.05) is 26.2 Å². The number of benzene rings is 2. The molecule has 1 saturated heterocycles. The van der Waals surface area contributed by atoms with Crippen LogP contribution in [0, 0.1) is 0 Å². The van der Waals surface area contributed by atoms with E-state index in [0.717, 1.165) is 62.1 Å². The first-order valence-electron chi connectivity index (χ1n) is 10.7. The molecular weight excluding hydrogens is 382 g/mol. The summed E-state index contributed by atoms with van der Waals surface area (Å²) in [6.07, 6.45) is 2.62. The Morgan fingerprint density at radius 1 is 1.00 bits per heavy atom. The largest absolute Gasteiger partial charge is 0.493 e. The summed E-state index contributed by atoms with van der Waals surface area (Å²) in [6, 6.07) is 12.3. The number of ether oxygens (including phenoxy) is 5. The summed E-state index contributed by atoms with van der Waals surface area (Å²) in [5.41, 5.74) is 2.38. The van der Waals surface area contributed by atoms with Crippen LogP contribution in [0.5, 0.6) is 23.0 Å². The van der Waals surface area contributed by atoms with Gasteiger partial charge >= 0.3 is 0 Å². The molecule has 30 heavy (non-hydrogen) atoms. The van der Waals surface area contributed by atoms with Crippen LogP contribution < -0.4 is 18.9 Å². The molecule has 0 N–H and O–H groups in total. The molecule has 2 aliphatic rings. The second-order valence-corrected chi connectivity index (χ2v) is 8.14. The minimum atomic E-state index is 0.0887. The van der Waals surface area contributed by atoms with E-state index in [0.29, 0.717) is 6.79 Å². The monoisotopic (exact) mass is 413 g/mol. The van der Waals surface area contributed by atoms with Crippen molar-refractivity contribution in [3.63, 3.8) is 0 Å². The molecule has 2 heterocycles. The average Bonchev–Trinajstić information content (AvgIpc) is 3.39. The number of hydrogen-bond acceptors (Lipinski definition) is 6. The van der Waals surface area contributed by atoms with Gasteiger partial charge in [0.15, 0.2) is 23.0 Å². The Morgan fingerprint density at radius 2 is 1.77 bits per heavy atom. The van der Waals surface area contributed by atoms with Crippen LogP contribution in [0.3, 0.4) is 0 Å². The van der Waals surface area contributed by atoms with Gasteiger partial charge in [0.25, 0.3) is 0 Å². The molecule has 2 aromatic carbocycles. The second-order valence-electron chi connectivity index (χ2n) is 8.14. The van der Waals surface area contributed by atoms with E-state index in [1.54, 1.807) is 7.11 Å². The highest BCUT2D eigenvalue weighted by Gasteiger charge is 2.21. The Balaban J connectivity index is 1.52. The molecule has 0 aliphatic carbocycles. The highest BCUT2D eigenvalue weighted by molar-refractivity contribution is 5.45. The molecule has 6 nitrogen and oxygen atoms in total. The molecule has 0 amide bonds. The molecule has 1 atom stereocenters. The van der Waals surface area contributed by atoms with Gasteiger partial charge in [-0.3, -0.25) is 4.90 Å². The quantitative estimate of drug-likeness (QED) is 0.608. The minimum absolute atomic E-state index is 0.0887. The number of nitrogens with zero attached hydrogens (tertiary/aromatic N) is 1. The van der Waals surface area contributed by atoms with E-state index in [2.05, 4.69) is 29.2 Å². The van der Waals surface area contributed by atoms with E-state index < -0.39 is 0 Å². The van der Waals surface area contributed by atoms with E-state index in [1.807, 2.05) is 26.0 Å². The average molecular weight is 414 g/mol. The fourth-order valence-corrected chi connectivity index (χ4v) is 3.98. The van der Waals surface area contributed by atoms with E-state index >= 15 is 0 Å². The lowest BCUT2D eigenvalue weighted by Crippen LogP contribution is -2.31. The van der Waals surface area contributed by atoms with Gasteiger partial charge in [0.2, 0.25) is 6.79 Å². The van der Waals surface area contributed by atoms with E-state index in [1.165, 1.54) is 11.1 Å². The summed E-state index contributed by atoms with van der Waals surface area (Å²) in [7, 11) is 1.67. The molecular formula is C24H31NO5. The van der Waals surface area contributed by atoms with Gasteiger partial charge in [-0.1, -0.05) is 12.1 Å². The van der Waals surface area contributed by atoms with E-state index in [-0.39, 0.29) is 12.2 Å². The van der Waals surface area contributed by atoms with Gasteiger partial charge in [-0.05, 0) is 62.1 Å². The Labute approximate surface area is 178 Å². The zero-order valence-corrected chi connectivity index (χ0v) is 18.1. The van der Waals surface area contributed by atoms with Crippen molar-refractivity contribution < 1.29 is 23.7 Å². The molecule has 0 aromatic heterocycles. The Morgan fingerprint density at radius 3 is 2.50 bits per heavy atom. The first kappa shape index (κ1) is 20.8. The zero-order valence-electron chi connectivity index (χ0n) is 18.1. The van der Waals surface area contributed by atoms with Gasteiger partial charge < -0.3 is 23.7 Å². The van der Waals surface area contributed by atoms with Crippen molar-refractivity contribution in [3.8, 4) is 23.0 Å². The van der Waals surface area contributed by atoms with Crippen molar-refractivity contribution in [3.05, 3.63) is 47.5 Å². The van der Waals surface area contributed by atoms with Crippen LogP contribution in [-0.2, 0) is 17.8 Å². The minimum Gasteiger partial charge on any atom is -0.493 e. The summed E-state index contributed by atoms with van der Waals surface area (Å²) in [5.74, 6) is 3.18. The normalized spacial score (nSPS) is 17.7. The van der Waals surface area contributed by atoms with Gasteiger partial charge in [-0.15, -0.1) is 0 Å². The predicted molar refractivity (Wildman–Crippen MR) is 114 cm³/mol. The van der Waals surface area contributed by atoms with Gasteiger partial charge in [0.05, 0.1) is 19.3 Å². The maximum Gasteiger partial charge on any atom is 0.231 e. The molecule has 6 heteroatoms. The summed E-state index contributed by atoms with van der Waals surface area (Å²) in [5, 5.41) is 0. The summed E-state index contributed by atoms with van der Waals surface area (Å²) in [6.45, 7) is 7.70. The Kier molecular flexibility index (Phi) is 6.65. The van der Waals surface area contributed by atoms with Crippen molar-refractivity contribution in [1.29, 1.82) is 0 Å². The van der Waals surface area contributed by atoms with Crippen molar-refractivity contribution in [2.24, 2.45) is 0 Å². The van der Waals surface area contributed by atoms with E-state index in [9.17, 15) is 0 Å². The van der Waals surface area contributed by atoms with E-state index in [4.69, 9.17) is 23.7 Å². The van der Waals surface area contributed by atoms with Crippen molar-refractivity contribution in [2.45, 2.75) is 52.0 Å². The van der Waals surface area contributed by atoms with Crippen molar-refractivity contribution in [2.75, 3.05) is 27.1 Å². The van der Waals surface area contributed by atoms with Crippen LogP contribution in [0.1, 0.15) is 37.8 Å². The fraction of sp³-hybridized carbons (Fsp3) is 0.500. The highest BCUT2D eigenvalue weighted by Crippen LogP contribution is 2.33. The third-order valence-corrected chi connectivity index (χ3v) is 5.33. The van der Waals surface area contributed by atoms with Gasteiger partial charge in [-0.25, -0.2) is 0 Å². The number of methoxy groups -OCH3 is 1. The lowest BCUT2D eigenvalue weighted by molar-refractivity contribution is 0.0678. The van der Waals surface area contributed by atoms with Crippen LogP contribution in [0.4, 0.5) is 0 Å². The molecule has 0 spiro atoms. The SMILES string of the molecule is COc1ccc(CN(Cc2ccc3c(c2)OCO3)CC2CCCO2)cc1OC(C)C. The van der Waals surface area contributed by atoms with Crippen LogP contribution in [-0.4, -0.2) is 44.2 Å². The molecule has 0 bridgehead atoms. The summed E-state index contributed by atoms with van der Waals surface area (Å²) in [4.78, 5) is 2.43. The third kappa shape index (κ3) is 5.18. The molecule has 1 fully saturated rings. The van der Waals surface area contributed by atoms with Crippen LogP contribution in [0.15, 0.2) is 36.4 Å². The Hall–Kier alpha value is -2.44. The highest BCUT2D eigenvalue weighted by atomic mass is 16.7. The molecule has 1 unspecified atom stereocenters. The second kappa shape index (κ2) is 9.58. The predicted octanol–water partition coefficient (Wildman–Crippen LogP) is 4.39. The first-order chi connectivity index (χ1) is 14.6. The lowest BCUT2D eigenvalue weighted by atomic mass is 10.1. The number of rotatable bonds is 9. The smallest absolute Gasteiger partial charge is 0.231 e. The van der Waals surface area contributed by atoms with Crippen LogP contribution >= 0.6 is 0 Å². The maximum absolute atomic E-state index is 5.96.